The number of benzene rings is 2. The van der Waals surface area contributed by atoms with Gasteiger partial charge >= 0.3 is 0 Å². The van der Waals surface area contributed by atoms with Crippen LogP contribution < -0.4 is 15.0 Å². The summed E-state index contributed by atoms with van der Waals surface area (Å²) in [6.07, 6.45) is 5.04. The normalized spacial score (nSPS) is 14.4. The number of piperidine rings is 1. The molecule has 0 radical (unpaired) electrons. The van der Waals surface area contributed by atoms with Gasteiger partial charge in [-0.2, -0.15) is 5.10 Å². The number of methoxy groups -OCH3 is 1. The zero-order valence-corrected chi connectivity index (χ0v) is 18.9. The van der Waals surface area contributed by atoms with Crippen molar-refractivity contribution in [3.63, 3.8) is 0 Å². The predicted octanol–water partition coefficient (Wildman–Crippen LogP) is 4.08. The number of amides is 1. The first-order valence-corrected chi connectivity index (χ1v) is 11.4. The summed E-state index contributed by atoms with van der Waals surface area (Å²) in [6, 6.07) is 16.0. The fraction of sp³-hybridized carbons (Fsp3) is 0.269. The van der Waals surface area contributed by atoms with E-state index in [0.717, 1.165) is 59.8 Å². The lowest BCUT2D eigenvalue weighted by atomic mass is 9.95. The Morgan fingerprint density at radius 1 is 1.15 bits per heavy atom. The molecule has 8 heteroatoms. The number of fused-ring (bicyclic) bond motifs is 1. The van der Waals surface area contributed by atoms with E-state index >= 15 is 0 Å². The molecule has 0 atom stereocenters. The number of halogens is 1. The number of hydrogen-bond donors (Lipinski definition) is 1. The summed E-state index contributed by atoms with van der Waals surface area (Å²) in [7, 11) is 1.63. The lowest BCUT2D eigenvalue weighted by Crippen LogP contribution is -2.40. The monoisotopic (exact) mass is 459 g/mol. The van der Waals surface area contributed by atoms with Gasteiger partial charge in [0.2, 0.25) is 5.91 Å². The second-order valence-corrected chi connectivity index (χ2v) is 8.41. The Labute approximate surface area is 197 Å². The van der Waals surface area contributed by atoms with Crippen molar-refractivity contribution in [1.29, 1.82) is 0 Å². The van der Waals surface area contributed by atoms with Gasteiger partial charge in [-0.3, -0.25) is 4.79 Å². The third-order valence-electron chi connectivity index (χ3n) is 6.32. The highest BCUT2D eigenvalue weighted by Crippen LogP contribution is 2.28. The molecule has 0 saturated carbocycles. The van der Waals surface area contributed by atoms with Gasteiger partial charge in [0, 0.05) is 49.1 Å². The van der Waals surface area contributed by atoms with E-state index in [0.29, 0.717) is 6.54 Å². The van der Waals surface area contributed by atoms with Crippen LogP contribution in [0, 0.1) is 11.7 Å². The molecule has 7 nitrogen and oxygen atoms in total. The topological polar surface area (TPSA) is 71.8 Å². The Kier molecular flexibility index (Phi) is 6.12. The van der Waals surface area contributed by atoms with Gasteiger partial charge in [-0.15, -0.1) is 0 Å². The van der Waals surface area contributed by atoms with Crippen molar-refractivity contribution in [2.24, 2.45) is 5.92 Å². The Balaban J connectivity index is 1.25. The number of hydrogen-bond acceptors (Lipinski definition) is 5. The molecule has 5 rings (SSSR count). The van der Waals surface area contributed by atoms with Crippen LogP contribution in [0.1, 0.15) is 18.4 Å². The van der Waals surface area contributed by atoms with Gasteiger partial charge in [-0.05, 0) is 49.2 Å². The van der Waals surface area contributed by atoms with Crippen LogP contribution in [-0.2, 0) is 11.3 Å². The maximum absolute atomic E-state index is 13.3. The van der Waals surface area contributed by atoms with Crippen LogP contribution in [0.2, 0.25) is 0 Å². The van der Waals surface area contributed by atoms with Gasteiger partial charge in [0.25, 0.3) is 0 Å². The highest BCUT2D eigenvalue weighted by Gasteiger charge is 2.27. The number of carbonyl (C=O) groups excluding carboxylic acids is 1. The molecule has 1 amide bonds. The molecule has 1 fully saturated rings. The quantitative estimate of drug-likeness (QED) is 0.471. The highest BCUT2D eigenvalue weighted by molar-refractivity contribution is 5.80. The summed E-state index contributed by atoms with van der Waals surface area (Å²) < 4.78 is 20.5. The molecule has 1 N–H and O–H groups in total. The molecular weight excluding hydrogens is 433 g/mol. The summed E-state index contributed by atoms with van der Waals surface area (Å²) in [6.45, 7) is 1.92. The van der Waals surface area contributed by atoms with E-state index in [9.17, 15) is 9.18 Å². The van der Waals surface area contributed by atoms with E-state index in [1.807, 2.05) is 36.5 Å². The standard InChI is InChI=1S/C26H26FN5O2/c1-34-24-5-3-2-4-20(24)17-29-26(33)19-10-13-31(14-11-19)25-23-16-22(30-32(23)15-12-28-25)18-6-8-21(27)9-7-18/h2-9,12,15-16,19H,10-11,13-14,17H2,1H3,(H,29,33). The van der Waals surface area contributed by atoms with Gasteiger partial charge in [0.15, 0.2) is 5.82 Å². The van der Waals surface area contributed by atoms with E-state index in [4.69, 9.17) is 4.74 Å². The van der Waals surface area contributed by atoms with Gasteiger partial charge in [-0.1, -0.05) is 18.2 Å². The molecule has 2 aromatic carbocycles. The summed E-state index contributed by atoms with van der Waals surface area (Å²) in [5, 5.41) is 7.69. The van der Waals surface area contributed by atoms with Crippen LogP contribution in [0.25, 0.3) is 16.8 Å². The van der Waals surface area contributed by atoms with Crippen LogP contribution >= 0.6 is 0 Å². The first kappa shape index (κ1) is 21.9. The van der Waals surface area contributed by atoms with Crippen molar-refractivity contribution in [2.75, 3.05) is 25.1 Å². The van der Waals surface area contributed by atoms with Gasteiger partial charge in [0.1, 0.15) is 17.1 Å². The van der Waals surface area contributed by atoms with Crippen molar-refractivity contribution in [3.05, 3.63) is 78.4 Å². The van der Waals surface area contributed by atoms with Crippen LogP contribution in [0.15, 0.2) is 67.0 Å². The van der Waals surface area contributed by atoms with Crippen molar-refractivity contribution < 1.29 is 13.9 Å². The fourth-order valence-corrected chi connectivity index (χ4v) is 4.44. The highest BCUT2D eigenvalue weighted by atomic mass is 19.1. The van der Waals surface area contributed by atoms with Gasteiger partial charge in [-0.25, -0.2) is 13.9 Å². The van der Waals surface area contributed by atoms with Crippen molar-refractivity contribution in [3.8, 4) is 17.0 Å². The lowest BCUT2D eigenvalue weighted by molar-refractivity contribution is -0.125. The zero-order valence-electron chi connectivity index (χ0n) is 18.9. The number of aromatic nitrogens is 3. The van der Waals surface area contributed by atoms with Crippen molar-refractivity contribution in [1.82, 2.24) is 19.9 Å². The maximum Gasteiger partial charge on any atom is 0.223 e. The Hall–Kier alpha value is -3.94. The Morgan fingerprint density at radius 3 is 2.68 bits per heavy atom. The minimum absolute atomic E-state index is 0.0367. The van der Waals surface area contributed by atoms with Crippen LogP contribution in [0.5, 0.6) is 5.75 Å². The van der Waals surface area contributed by atoms with Crippen molar-refractivity contribution >= 4 is 17.2 Å². The minimum atomic E-state index is -0.273. The van der Waals surface area contributed by atoms with Crippen LogP contribution in [-0.4, -0.2) is 40.7 Å². The average molecular weight is 460 g/mol. The number of carbonyl (C=O) groups is 1. The molecular formula is C26H26FN5O2. The number of nitrogens with zero attached hydrogens (tertiary/aromatic N) is 4. The van der Waals surface area contributed by atoms with E-state index in [-0.39, 0.29) is 17.6 Å². The second kappa shape index (κ2) is 9.51. The molecule has 34 heavy (non-hydrogen) atoms. The molecule has 1 aliphatic rings. The smallest absolute Gasteiger partial charge is 0.223 e. The zero-order chi connectivity index (χ0) is 23.5. The number of para-hydroxylation sites is 1. The fourth-order valence-electron chi connectivity index (χ4n) is 4.44. The predicted molar refractivity (Wildman–Crippen MR) is 128 cm³/mol. The van der Waals surface area contributed by atoms with Gasteiger partial charge in [0.05, 0.1) is 12.8 Å². The average Bonchev–Trinajstić information content (AvgIpc) is 3.32. The molecule has 0 unspecified atom stereocenters. The molecule has 0 bridgehead atoms. The largest absolute Gasteiger partial charge is 0.496 e. The summed E-state index contributed by atoms with van der Waals surface area (Å²) >= 11 is 0. The van der Waals surface area contributed by atoms with E-state index in [2.05, 4.69) is 20.3 Å². The first-order valence-electron chi connectivity index (χ1n) is 11.4. The molecule has 3 heterocycles. The Bertz CT molecular complexity index is 1300. The third kappa shape index (κ3) is 4.44. The molecule has 1 saturated heterocycles. The molecule has 2 aromatic heterocycles. The number of nitrogens with one attached hydrogen (secondary N) is 1. The lowest BCUT2D eigenvalue weighted by Gasteiger charge is -2.32. The van der Waals surface area contributed by atoms with E-state index in [1.54, 1.807) is 30.0 Å². The van der Waals surface area contributed by atoms with Crippen molar-refractivity contribution in [2.45, 2.75) is 19.4 Å². The Morgan fingerprint density at radius 2 is 1.91 bits per heavy atom. The summed E-state index contributed by atoms with van der Waals surface area (Å²) in [5.41, 5.74) is 3.46. The number of anilines is 1. The molecule has 4 aromatic rings. The molecule has 0 aliphatic carbocycles. The SMILES string of the molecule is COc1ccccc1CNC(=O)C1CCN(c2nccn3nc(-c4ccc(F)cc4)cc23)CC1. The number of ether oxygens (including phenoxy) is 1. The maximum atomic E-state index is 13.3. The van der Waals surface area contributed by atoms with Crippen LogP contribution in [0.3, 0.4) is 0 Å². The third-order valence-corrected chi connectivity index (χ3v) is 6.32. The number of rotatable bonds is 6. The van der Waals surface area contributed by atoms with E-state index in [1.165, 1.54) is 12.1 Å². The van der Waals surface area contributed by atoms with E-state index < -0.39 is 0 Å². The van der Waals surface area contributed by atoms with Gasteiger partial charge < -0.3 is 15.0 Å². The molecule has 1 aliphatic heterocycles. The summed E-state index contributed by atoms with van der Waals surface area (Å²) in [4.78, 5) is 19.6. The molecule has 0 spiro atoms. The van der Waals surface area contributed by atoms with Crippen LogP contribution in [0.4, 0.5) is 10.2 Å². The summed E-state index contributed by atoms with van der Waals surface area (Å²) in [5.74, 6) is 1.38. The molecule has 174 valence electrons. The second-order valence-electron chi connectivity index (χ2n) is 8.41. The first-order chi connectivity index (χ1) is 16.6. The minimum Gasteiger partial charge on any atom is -0.496 e.